The molecule has 0 bridgehead atoms. The zero-order valence-corrected chi connectivity index (χ0v) is 8.82. The highest BCUT2D eigenvalue weighted by Crippen LogP contribution is 2.20. The van der Waals surface area contributed by atoms with Crippen LogP contribution in [0, 0.1) is 0 Å². The van der Waals surface area contributed by atoms with Gasteiger partial charge in [-0.05, 0) is 26.0 Å². The van der Waals surface area contributed by atoms with Gasteiger partial charge in [0.05, 0.1) is 17.6 Å². The summed E-state index contributed by atoms with van der Waals surface area (Å²) in [6.07, 6.45) is -0.576. The average molecular weight is 206 g/mol. The zero-order valence-electron chi connectivity index (χ0n) is 8.82. The number of nitrogens with one attached hydrogen (secondary N) is 1. The molecule has 1 aromatic carbocycles. The molecule has 0 unspecified atom stereocenters. The topological polar surface area (TPSA) is 58.1 Å². The minimum Gasteiger partial charge on any atom is -0.494 e. The quantitative estimate of drug-likeness (QED) is 0.807. The van der Waals surface area contributed by atoms with Crippen LogP contribution in [0.2, 0.25) is 0 Å². The Bertz CT molecular complexity index is 463. The number of nitrogens with zero attached hydrogens (tertiary/aromatic N) is 1. The van der Waals surface area contributed by atoms with Gasteiger partial charge >= 0.3 is 0 Å². The lowest BCUT2D eigenvalue weighted by molar-refractivity contribution is 0.190. The molecule has 0 fully saturated rings. The van der Waals surface area contributed by atoms with Gasteiger partial charge in [0.15, 0.2) is 0 Å². The van der Waals surface area contributed by atoms with Crippen molar-refractivity contribution in [3.05, 3.63) is 24.0 Å². The molecule has 0 aliphatic rings. The molecular formula is C11H14N2O2. The molecule has 1 aromatic heterocycles. The van der Waals surface area contributed by atoms with E-state index in [1.165, 1.54) is 0 Å². The summed E-state index contributed by atoms with van der Waals surface area (Å²) < 4.78 is 5.37. The Morgan fingerprint density at radius 1 is 1.53 bits per heavy atom. The van der Waals surface area contributed by atoms with Crippen LogP contribution in [-0.2, 0) is 0 Å². The van der Waals surface area contributed by atoms with Crippen molar-refractivity contribution >= 4 is 11.0 Å². The molecule has 0 aliphatic carbocycles. The van der Waals surface area contributed by atoms with Gasteiger partial charge in [-0.25, -0.2) is 4.98 Å². The van der Waals surface area contributed by atoms with Crippen LogP contribution in [0.4, 0.5) is 0 Å². The third-order valence-electron chi connectivity index (χ3n) is 2.18. The zero-order chi connectivity index (χ0) is 10.8. The number of aliphatic hydroxyl groups is 1. The van der Waals surface area contributed by atoms with Gasteiger partial charge in [-0.15, -0.1) is 0 Å². The Morgan fingerprint density at radius 3 is 3.00 bits per heavy atom. The lowest BCUT2D eigenvalue weighted by atomic mass is 10.3. The van der Waals surface area contributed by atoms with Gasteiger partial charge < -0.3 is 14.8 Å². The molecule has 0 radical (unpaired) electrons. The summed E-state index contributed by atoms with van der Waals surface area (Å²) in [6, 6.07) is 5.64. The first-order valence-electron chi connectivity index (χ1n) is 5.01. The smallest absolute Gasteiger partial charge is 0.135 e. The van der Waals surface area contributed by atoms with Crippen LogP contribution < -0.4 is 4.74 Å². The third kappa shape index (κ3) is 1.94. The fraction of sp³-hybridized carbons (Fsp3) is 0.364. The molecule has 1 atom stereocenters. The molecule has 0 amide bonds. The summed E-state index contributed by atoms with van der Waals surface area (Å²) in [6.45, 7) is 4.27. The number of aromatic amines is 1. The Labute approximate surface area is 87.9 Å². The van der Waals surface area contributed by atoms with Crippen molar-refractivity contribution in [2.75, 3.05) is 6.61 Å². The monoisotopic (exact) mass is 206 g/mol. The largest absolute Gasteiger partial charge is 0.494 e. The van der Waals surface area contributed by atoms with Gasteiger partial charge in [0, 0.05) is 6.07 Å². The van der Waals surface area contributed by atoms with Crippen molar-refractivity contribution in [1.82, 2.24) is 9.97 Å². The lowest BCUT2D eigenvalue weighted by Gasteiger charge is -2.00. The van der Waals surface area contributed by atoms with Gasteiger partial charge in [-0.2, -0.15) is 0 Å². The van der Waals surface area contributed by atoms with E-state index >= 15 is 0 Å². The van der Waals surface area contributed by atoms with Crippen LogP contribution in [0.1, 0.15) is 25.8 Å². The van der Waals surface area contributed by atoms with E-state index in [9.17, 15) is 5.11 Å². The second-order valence-corrected chi connectivity index (χ2v) is 3.41. The highest BCUT2D eigenvalue weighted by molar-refractivity contribution is 5.76. The van der Waals surface area contributed by atoms with Crippen LogP contribution >= 0.6 is 0 Å². The van der Waals surface area contributed by atoms with Gasteiger partial charge in [0.25, 0.3) is 0 Å². The van der Waals surface area contributed by atoms with Crippen LogP contribution in [0.25, 0.3) is 11.0 Å². The van der Waals surface area contributed by atoms with Gasteiger partial charge in [0.2, 0.25) is 0 Å². The van der Waals surface area contributed by atoms with Crippen molar-refractivity contribution in [3.63, 3.8) is 0 Å². The van der Waals surface area contributed by atoms with E-state index in [2.05, 4.69) is 9.97 Å². The minimum atomic E-state index is -0.576. The first-order chi connectivity index (χ1) is 7.20. The van der Waals surface area contributed by atoms with Crippen LogP contribution in [-0.4, -0.2) is 21.7 Å². The molecule has 0 saturated carbocycles. The average Bonchev–Trinajstić information content (AvgIpc) is 2.61. The van der Waals surface area contributed by atoms with Crippen molar-refractivity contribution < 1.29 is 9.84 Å². The van der Waals surface area contributed by atoms with Gasteiger partial charge in [-0.1, -0.05) is 0 Å². The van der Waals surface area contributed by atoms with E-state index in [1.54, 1.807) is 6.92 Å². The predicted molar refractivity (Wildman–Crippen MR) is 57.9 cm³/mol. The van der Waals surface area contributed by atoms with Crippen molar-refractivity contribution in [2.24, 2.45) is 0 Å². The summed E-state index contributed by atoms with van der Waals surface area (Å²) >= 11 is 0. The number of aromatic nitrogens is 2. The second kappa shape index (κ2) is 3.90. The summed E-state index contributed by atoms with van der Waals surface area (Å²) in [7, 11) is 0. The van der Waals surface area contributed by atoms with Crippen LogP contribution in [0.15, 0.2) is 18.2 Å². The number of imidazole rings is 1. The standard InChI is InChI=1S/C11H14N2O2/c1-3-15-8-4-5-9-10(6-8)13-11(12-9)7(2)14/h4-7,14H,3H2,1-2H3,(H,12,13)/t7-/m1/s1. The van der Waals surface area contributed by atoms with E-state index in [0.717, 1.165) is 16.8 Å². The third-order valence-corrected chi connectivity index (χ3v) is 2.18. The maximum absolute atomic E-state index is 9.37. The molecule has 80 valence electrons. The normalized spacial score (nSPS) is 13.0. The molecular weight excluding hydrogens is 192 g/mol. The maximum Gasteiger partial charge on any atom is 0.135 e. The van der Waals surface area contributed by atoms with E-state index in [1.807, 2.05) is 25.1 Å². The number of hydrogen-bond donors (Lipinski definition) is 2. The summed E-state index contributed by atoms with van der Waals surface area (Å²) in [5, 5.41) is 9.37. The first kappa shape index (κ1) is 9.98. The van der Waals surface area contributed by atoms with Gasteiger partial charge in [0.1, 0.15) is 17.7 Å². The fourth-order valence-electron chi connectivity index (χ4n) is 1.46. The molecule has 4 heteroatoms. The summed E-state index contributed by atoms with van der Waals surface area (Å²) in [4.78, 5) is 7.31. The Kier molecular flexibility index (Phi) is 2.60. The number of benzene rings is 1. The molecule has 2 rings (SSSR count). The van der Waals surface area contributed by atoms with Crippen molar-refractivity contribution in [3.8, 4) is 5.75 Å². The SMILES string of the molecule is CCOc1ccc2nc([C@@H](C)O)[nH]c2c1. The summed E-state index contributed by atoms with van der Waals surface area (Å²) in [5.74, 6) is 1.39. The highest BCUT2D eigenvalue weighted by Gasteiger charge is 2.07. The van der Waals surface area contributed by atoms with Crippen LogP contribution in [0.5, 0.6) is 5.75 Å². The number of ether oxygens (including phenoxy) is 1. The fourth-order valence-corrected chi connectivity index (χ4v) is 1.46. The number of fused-ring (bicyclic) bond motifs is 1. The molecule has 15 heavy (non-hydrogen) atoms. The Morgan fingerprint density at radius 2 is 2.33 bits per heavy atom. The first-order valence-corrected chi connectivity index (χ1v) is 5.01. The second-order valence-electron chi connectivity index (χ2n) is 3.41. The molecule has 0 aliphatic heterocycles. The molecule has 1 heterocycles. The number of hydrogen-bond acceptors (Lipinski definition) is 3. The maximum atomic E-state index is 9.37. The lowest BCUT2D eigenvalue weighted by Crippen LogP contribution is -1.92. The van der Waals surface area contributed by atoms with E-state index in [0.29, 0.717) is 12.4 Å². The predicted octanol–water partition coefficient (Wildman–Crippen LogP) is 2.01. The number of rotatable bonds is 3. The van der Waals surface area contributed by atoms with E-state index in [-0.39, 0.29) is 0 Å². The molecule has 0 spiro atoms. The van der Waals surface area contributed by atoms with Crippen molar-refractivity contribution in [2.45, 2.75) is 20.0 Å². The molecule has 0 saturated heterocycles. The van der Waals surface area contributed by atoms with Crippen molar-refractivity contribution in [1.29, 1.82) is 0 Å². The molecule has 4 nitrogen and oxygen atoms in total. The highest BCUT2D eigenvalue weighted by atomic mass is 16.5. The Hall–Kier alpha value is -1.55. The Balaban J connectivity index is 2.43. The van der Waals surface area contributed by atoms with E-state index in [4.69, 9.17) is 4.74 Å². The van der Waals surface area contributed by atoms with Crippen LogP contribution in [0.3, 0.4) is 0 Å². The molecule has 2 N–H and O–H groups in total. The van der Waals surface area contributed by atoms with E-state index < -0.39 is 6.10 Å². The number of aliphatic hydroxyl groups excluding tert-OH is 1. The number of H-pyrrole nitrogens is 1. The summed E-state index contributed by atoms with van der Waals surface area (Å²) in [5.41, 5.74) is 1.73. The van der Waals surface area contributed by atoms with Gasteiger partial charge in [-0.3, -0.25) is 0 Å². The minimum absolute atomic E-state index is 0.576. The molecule has 2 aromatic rings.